The van der Waals surface area contributed by atoms with E-state index < -0.39 is 0 Å². The maximum absolute atomic E-state index is 12.2. The molecule has 0 aliphatic rings. The summed E-state index contributed by atoms with van der Waals surface area (Å²) >= 11 is 3.44. The second-order valence-corrected chi connectivity index (χ2v) is 4.92. The number of unbranched alkanes of at least 4 members (excludes halogenated alkanes) is 1. The molecule has 0 aromatic heterocycles. The Kier molecular flexibility index (Phi) is 5.42. The molecule has 0 radical (unpaired) electrons. The molecule has 0 saturated carbocycles. The zero-order chi connectivity index (χ0) is 12.8. The number of allylic oxidation sites excluding steroid dienone is 1. The van der Waals surface area contributed by atoms with Crippen molar-refractivity contribution in [2.45, 2.75) is 19.8 Å². The minimum atomic E-state index is 0.0767. The monoisotopic (exact) mass is 295 g/mol. The highest BCUT2D eigenvalue weighted by Gasteiger charge is 2.14. The van der Waals surface area contributed by atoms with Crippen LogP contribution in [-0.2, 0) is 0 Å². The van der Waals surface area contributed by atoms with E-state index in [1.54, 1.807) is 4.90 Å². The van der Waals surface area contributed by atoms with Crippen LogP contribution in [0.3, 0.4) is 0 Å². The molecular weight excluding hydrogens is 278 g/mol. The summed E-state index contributed by atoms with van der Waals surface area (Å²) < 4.78 is 0.975. The lowest BCUT2D eigenvalue weighted by Gasteiger charge is -2.18. The first-order chi connectivity index (χ1) is 8.07. The molecule has 0 fully saturated rings. The Morgan fingerprint density at radius 1 is 1.53 bits per heavy atom. The number of amides is 1. The van der Waals surface area contributed by atoms with Crippen LogP contribution >= 0.6 is 15.9 Å². The molecule has 0 unspecified atom stereocenters. The van der Waals surface area contributed by atoms with Crippen molar-refractivity contribution >= 4 is 21.8 Å². The molecule has 17 heavy (non-hydrogen) atoms. The van der Waals surface area contributed by atoms with Gasteiger partial charge in [0.15, 0.2) is 0 Å². The number of hydrogen-bond donors (Lipinski definition) is 0. The van der Waals surface area contributed by atoms with Crippen molar-refractivity contribution in [1.29, 1.82) is 0 Å². The van der Waals surface area contributed by atoms with Crippen molar-refractivity contribution in [2.75, 3.05) is 13.6 Å². The fourth-order valence-corrected chi connectivity index (χ4v) is 1.99. The standard InChI is InChI=1S/C14H18BrNO/c1-4-5-6-10-16(3)14(17)12-8-7-9-13(15)11(12)2/h4,7-9H,1,5-6,10H2,2-3H3. The van der Waals surface area contributed by atoms with Crippen molar-refractivity contribution in [3.05, 3.63) is 46.5 Å². The molecule has 0 aliphatic carbocycles. The van der Waals surface area contributed by atoms with Gasteiger partial charge in [0.25, 0.3) is 5.91 Å². The van der Waals surface area contributed by atoms with Crippen LogP contribution in [-0.4, -0.2) is 24.4 Å². The van der Waals surface area contributed by atoms with Gasteiger partial charge in [0.1, 0.15) is 0 Å². The van der Waals surface area contributed by atoms with Crippen molar-refractivity contribution < 1.29 is 4.79 Å². The summed E-state index contributed by atoms with van der Waals surface area (Å²) in [5.41, 5.74) is 1.76. The number of carbonyl (C=O) groups excluding carboxylic acids is 1. The van der Waals surface area contributed by atoms with E-state index in [-0.39, 0.29) is 5.91 Å². The van der Waals surface area contributed by atoms with Gasteiger partial charge in [-0.05, 0) is 37.5 Å². The molecule has 0 bridgehead atoms. The van der Waals surface area contributed by atoms with Crippen molar-refractivity contribution in [3.8, 4) is 0 Å². The van der Waals surface area contributed by atoms with E-state index in [0.29, 0.717) is 0 Å². The molecule has 0 atom stereocenters. The number of halogens is 1. The zero-order valence-corrected chi connectivity index (χ0v) is 12.0. The average Bonchev–Trinajstić information content (AvgIpc) is 2.32. The Morgan fingerprint density at radius 2 is 2.24 bits per heavy atom. The van der Waals surface area contributed by atoms with Gasteiger partial charge in [-0.2, -0.15) is 0 Å². The zero-order valence-electron chi connectivity index (χ0n) is 10.4. The lowest BCUT2D eigenvalue weighted by molar-refractivity contribution is 0.0793. The number of carbonyl (C=O) groups is 1. The maximum atomic E-state index is 12.2. The van der Waals surface area contributed by atoms with Crippen LogP contribution in [0.5, 0.6) is 0 Å². The Bertz CT molecular complexity index is 415. The molecule has 1 amide bonds. The van der Waals surface area contributed by atoms with Gasteiger partial charge in [0.05, 0.1) is 0 Å². The first-order valence-electron chi connectivity index (χ1n) is 5.69. The summed E-state index contributed by atoms with van der Waals surface area (Å²) in [6.07, 6.45) is 3.77. The highest BCUT2D eigenvalue weighted by molar-refractivity contribution is 9.10. The largest absolute Gasteiger partial charge is 0.342 e. The SMILES string of the molecule is C=CCCCN(C)C(=O)c1cccc(Br)c1C. The quantitative estimate of drug-likeness (QED) is 0.598. The van der Waals surface area contributed by atoms with E-state index in [1.165, 1.54) is 0 Å². The number of hydrogen-bond acceptors (Lipinski definition) is 1. The van der Waals surface area contributed by atoms with Crippen molar-refractivity contribution in [3.63, 3.8) is 0 Å². The van der Waals surface area contributed by atoms with Gasteiger partial charge >= 0.3 is 0 Å². The summed E-state index contributed by atoms with van der Waals surface area (Å²) in [4.78, 5) is 14.0. The topological polar surface area (TPSA) is 20.3 Å². The Hall–Kier alpha value is -1.09. The van der Waals surface area contributed by atoms with E-state index in [1.807, 2.05) is 38.2 Å². The van der Waals surface area contributed by atoms with Gasteiger partial charge in [-0.15, -0.1) is 6.58 Å². The number of rotatable bonds is 5. The fraction of sp³-hybridized carbons (Fsp3) is 0.357. The van der Waals surface area contributed by atoms with Crippen LogP contribution in [0, 0.1) is 6.92 Å². The molecule has 0 heterocycles. The van der Waals surface area contributed by atoms with Gasteiger partial charge in [-0.1, -0.05) is 28.1 Å². The van der Waals surface area contributed by atoms with Gasteiger partial charge in [-0.25, -0.2) is 0 Å². The van der Waals surface area contributed by atoms with Gasteiger partial charge < -0.3 is 4.90 Å². The molecule has 1 aromatic rings. The van der Waals surface area contributed by atoms with Crippen LogP contribution in [0.15, 0.2) is 35.3 Å². The summed E-state index contributed by atoms with van der Waals surface area (Å²) in [6, 6.07) is 5.71. The van der Waals surface area contributed by atoms with E-state index >= 15 is 0 Å². The van der Waals surface area contributed by atoms with Gasteiger partial charge in [0.2, 0.25) is 0 Å². The molecule has 2 nitrogen and oxygen atoms in total. The fourth-order valence-electron chi connectivity index (χ4n) is 1.62. The third-order valence-corrected chi connectivity index (χ3v) is 3.61. The molecule has 92 valence electrons. The van der Waals surface area contributed by atoms with Crippen molar-refractivity contribution in [2.24, 2.45) is 0 Å². The third-order valence-electron chi connectivity index (χ3n) is 2.75. The Labute approximate surface area is 111 Å². The van der Waals surface area contributed by atoms with E-state index in [4.69, 9.17) is 0 Å². The lowest BCUT2D eigenvalue weighted by Crippen LogP contribution is -2.28. The first kappa shape index (κ1) is 14.0. The second-order valence-electron chi connectivity index (χ2n) is 4.07. The minimum absolute atomic E-state index is 0.0767. The van der Waals surface area contributed by atoms with E-state index in [9.17, 15) is 4.79 Å². The normalized spacial score (nSPS) is 10.1. The van der Waals surface area contributed by atoms with Crippen LogP contribution in [0.2, 0.25) is 0 Å². The molecule has 0 saturated heterocycles. The Morgan fingerprint density at radius 3 is 2.88 bits per heavy atom. The predicted molar refractivity (Wildman–Crippen MR) is 75.3 cm³/mol. The summed E-state index contributed by atoms with van der Waals surface area (Å²) in [5.74, 6) is 0.0767. The summed E-state index contributed by atoms with van der Waals surface area (Å²) in [6.45, 7) is 6.39. The third kappa shape index (κ3) is 3.70. The highest BCUT2D eigenvalue weighted by Crippen LogP contribution is 2.20. The molecule has 1 aromatic carbocycles. The Balaban J connectivity index is 2.75. The first-order valence-corrected chi connectivity index (χ1v) is 6.48. The number of nitrogens with zero attached hydrogens (tertiary/aromatic N) is 1. The molecule has 0 spiro atoms. The number of benzene rings is 1. The summed E-state index contributed by atoms with van der Waals surface area (Å²) in [7, 11) is 1.84. The van der Waals surface area contributed by atoms with Crippen molar-refractivity contribution in [1.82, 2.24) is 4.90 Å². The highest BCUT2D eigenvalue weighted by atomic mass is 79.9. The van der Waals surface area contributed by atoms with Crippen LogP contribution in [0.25, 0.3) is 0 Å². The molecule has 3 heteroatoms. The van der Waals surface area contributed by atoms with Crippen LogP contribution in [0.4, 0.5) is 0 Å². The van der Waals surface area contributed by atoms with E-state index in [0.717, 1.165) is 35.0 Å². The van der Waals surface area contributed by atoms with Gasteiger partial charge in [-0.3, -0.25) is 4.79 Å². The molecule has 0 aliphatic heterocycles. The lowest BCUT2D eigenvalue weighted by atomic mass is 10.1. The van der Waals surface area contributed by atoms with Crippen LogP contribution < -0.4 is 0 Å². The predicted octanol–water partition coefficient (Wildman–Crippen LogP) is 3.80. The van der Waals surface area contributed by atoms with Crippen LogP contribution in [0.1, 0.15) is 28.8 Å². The molecule has 0 N–H and O–H groups in total. The minimum Gasteiger partial charge on any atom is -0.342 e. The smallest absolute Gasteiger partial charge is 0.253 e. The van der Waals surface area contributed by atoms with Gasteiger partial charge in [0, 0.05) is 23.6 Å². The van der Waals surface area contributed by atoms with E-state index in [2.05, 4.69) is 22.5 Å². The molecule has 1 rings (SSSR count). The summed E-state index contributed by atoms with van der Waals surface area (Å²) in [5, 5.41) is 0. The second kappa shape index (κ2) is 6.60. The maximum Gasteiger partial charge on any atom is 0.253 e. The molecular formula is C14H18BrNO. The average molecular weight is 296 g/mol.